The van der Waals surface area contributed by atoms with Crippen LogP contribution in [-0.2, 0) is 0 Å². The Morgan fingerprint density at radius 3 is 2.77 bits per heavy atom. The van der Waals surface area contributed by atoms with Gasteiger partial charge in [0.15, 0.2) is 0 Å². The van der Waals surface area contributed by atoms with E-state index in [1.807, 2.05) is 6.07 Å². The fraction of sp³-hybridized carbons (Fsp3) is 0. The minimum atomic E-state index is -0.360. The monoisotopic (exact) mass is 173 g/mol. The Morgan fingerprint density at radius 2 is 2.08 bits per heavy atom. The molecule has 0 N–H and O–H groups in total. The van der Waals surface area contributed by atoms with Gasteiger partial charge < -0.3 is 4.42 Å². The van der Waals surface area contributed by atoms with E-state index in [2.05, 4.69) is 4.98 Å². The predicted octanol–water partition coefficient (Wildman–Crippen LogP) is 1.70. The molecule has 2 aromatic rings. The Kier molecular flexibility index (Phi) is 1.92. The van der Waals surface area contributed by atoms with Crippen molar-refractivity contribution in [3.8, 4) is 11.3 Å². The second kappa shape index (κ2) is 3.23. The summed E-state index contributed by atoms with van der Waals surface area (Å²) in [5, 5.41) is 0. The second-order valence-corrected chi connectivity index (χ2v) is 2.53. The minimum Gasteiger partial charge on any atom is -0.431 e. The Bertz CT molecular complexity index is 448. The van der Waals surface area contributed by atoms with Crippen LogP contribution >= 0.6 is 0 Å². The lowest BCUT2D eigenvalue weighted by molar-refractivity contribution is 0.513. The molecule has 0 fully saturated rings. The highest BCUT2D eigenvalue weighted by Gasteiger charge is 2.02. The lowest BCUT2D eigenvalue weighted by Gasteiger charge is -1.95. The van der Waals surface area contributed by atoms with Crippen LogP contribution in [0.25, 0.3) is 11.3 Å². The van der Waals surface area contributed by atoms with E-state index < -0.39 is 0 Å². The van der Waals surface area contributed by atoms with Crippen LogP contribution in [0.4, 0.5) is 0 Å². The molecule has 0 spiro atoms. The third-order valence-electron chi connectivity index (χ3n) is 1.68. The maximum absolute atomic E-state index is 11.2. The molecule has 0 amide bonds. The summed E-state index contributed by atoms with van der Waals surface area (Å²) in [6.07, 6.45) is 3.00. The lowest BCUT2D eigenvalue weighted by Crippen LogP contribution is -2.01. The molecule has 0 atom stereocenters. The van der Waals surface area contributed by atoms with E-state index in [1.165, 1.54) is 6.26 Å². The Hall–Kier alpha value is -1.90. The highest BCUT2D eigenvalue weighted by Crippen LogP contribution is 2.09. The van der Waals surface area contributed by atoms with Crippen LogP contribution in [0.2, 0.25) is 0 Å². The van der Waals surface area contributed by atoms with Crippen LogP contribution in [0.1, 0.15) is 0 Å². The Morgan fingerprint density at radius 1 is 1.15 bits per heavy atom. The predicted molar refractivity (Wildman–Crippen MR) is 48.2 cm³/mol. The first-order chi connectivity index (χ1) is 6.38. The third kappa shape index (κ3) is 1.49. The molecule has 0 bridgehead atoms. The molecular formula is C10H7NO2. The van der Waals surface area contributed by atoms with Crippen molar-refractivity contribution in [1.29, 1.82) is 0 Å². The number of nitrogens with zero attached hydrogens (tertiary/aromatic N) is 1. The van der Waals surface area contributed by atoms with Crippen LogP contribution in [0.15, 0.2) is 52.0 Å². The highest BCUT2D eigenvalue weighted by molar-refractivity contribution is 5.56. The quantitative estimate of drug-likeness (QED) is 0.659. The minimum absolute atomic E-state index is 0.360. The van der Waals surface area contributed by atoms with Gasteiger partial charge in [0.05, 0.1) is 17.5 Å². The van der Waals surface area contributed by atoms with Gasteiger partial charge in [0.25, 0.3) is 0 Å². The molecule has 2 rings (SSSR count). The summed E-state index contributed by atoms with van der Waals surface area (Å²) < 4.78 is 4.72. The Balaban J connectivity index is 2.60. The lowest BCUT2D eigenvalue weighted by atomic mass is 10.2. The topological polar surface area (TPSA) is 43.1 Å². The van der Waals surface area contributed by atoms with Gasteiger partial charge in [-0.2, -0.15) is 0 Å². The molecule has 3 heteroatoms. The molecule has 0 saturated heterocycles. The molecule has 0 aliphatic carbocycles. The molecule has 0 aromatic carbocycles. The van der Waals surface area contributed by atoms with Crippen LogP contribution in [0.3, 0.4) is 0 Å². The first-order valence-electron chi connectivity index (χ1n) is 3.87. The average Bonchev–Trinajstić information content (AvgIpc) is 2.20. The van der Waals surface area contributed by atoms with E-state index in [9.17, 15) is 4.79 Å². The van der Waals surface area contributed by atoms with Crippen LogP contribution < -0.4 is 5.63 Å². The number of rotatable bonds is 1. The third-order valence-corrected chi connectivity index (χ3v) is 1.68. The van der Waals surface area contributed by atoms with E-state index in [4.69, 9.17) is 4.42 Å². The van der Waals surface area contributed by atoms with Crippen molar-refractivity contribution in [3.63, 3.8) is 0 Å². The van der Waals surface area contributed by atoms with Gasteiger partial charge in [-0.3, -0.25) is 4.98 Å². The summed E-state index contributed by atoms with van der Waals surface area (Å²) in [5.74, 6) is 0. The molecule has 13 heavy (non-hydrogen) atoms. The zero-order chi connectivity index (χ0) is 9.10. The summed E-state index contributed by atoms with van der Waals surface area (Å²) in [4.78, 5) is 15.3. The number of pyridine rings is 1. The molecule has 0 aliphatic heterocycles. The molecule has 2 heterocycles. The fourth-order valence-electron chi connectivity index (χ4n) is 1.08. The summed E-state index contributed by atoms with van der Waals surface area (Å²) in [6.45, 7) is 0. The van der Waals surface area contributed by atoms with Gasteiger partial charge in [-0.05, 0) is 24.3 Å². The van der Waals surface area contributed by atoms with Crippen molar-refractivity contribution in [3.05, 3.63) is 53.2 Å². The average molecular weight is 173 g/mol. The molecule has 2 aromatic heterocycles. The van der Waals surface area contributed by atoms with Gasteiger partial charge in [-0.15, -0.1) is 0 Å². The van der Waals surface area contributed by atoms with Gasteiger partial charge >= 0.3 is 5.63 Å². The maximum Gasteiger partial charge on any atom is 0.345 e. The number of hydrogen-bond donors (Lipinski definition) is 0. The highest BCUT2D eigenvalue weighted by atomic mass is 16.4. The zero-order valence-electron chi connectivity index (χ0n) is 6.81. The molecule has 64 valence electrons. The van der Waals surface area contributed by atoms with Gasteiger partial charge in [-0.1, -0.05) is 6.07 Å². The van der Waals surface area contributed by atoms with Crippen molar-refractivity contribution in [2.45, 2.75) is 0 Å². The van der Waals surface area contributed by atoms with Crippen molar-refractivity contribution in [2.75, 3.05) is 0 Å². The van der Waals surface area contributed by atoms with E-state index >= 15 is 0 Å². The van der Waals surface area contributed by atoms with Crippen molar-refractivity contribution in [2.24, 2.45) is 0 Å². The van der Waals surface area contributed by atoms with Gasteiger partial charge in [0, 0.05) is 6.20 Å². The number of aromatic nitrogens is 1. The first kappa shape index (κ1) is 7.73. The molecule has 0 aliphatic rings. The fourth-order valence-corrected chi connectivity index (χ4v) is 1.08. The van der Waals surface area contributed by atoms with E-state index in [0.717, 1.165) is 0 Å². The van der Waals surface area contributed by atoms with E-state index in [1.54, 1.807) is 30.5 Å². The van der Waals surface area contributed by atoms with E-state index in [-0.39, 0.29) is 5.63 Å². The first-order valence-corrected chi connectivity index (χ1v) is 3.87. The SMILES string of the molecule is O=c1occcc1-c1ccccn1. The summed E-state index contributed by atoms with van der Waals surface area (Å²) in [6, 6.07) is 8.76. The maximum atomic E-state index is 11.2. The van der Waals surface area contributed by atoms with Crippen molar-refractivity contribution < 1.29 is 4.42 Å². The standard InChI is InChI=1S/C10H7NO2/c12-10-8(4-3-7-13-10)9-5-1-2-6-11-9/h1-7H. The molecule has 0 radical (unpaired) electrons. The van der Waals surface area contributed by atoms with Crippen molar-refractivity contribution in [1.82, 2.24) is 4.98 Å². The zero-order valence-corrected chi connectivity index (χ0v) is 6.81. The smallest absolute Gasteiger partial charge is 0.345 e. The van der Waals surface area contributed by atoms with Crippen molar-refractivity contribution >= 4 is 0 Å². The Labute approximate surface area is 74.7 Å². The summed E-state index contributed by atoms with van der Waals surface area (Å²) in [5.41, 5.74) is 0.765. The van der Waals surface area contributed by atoms with Crippen LogP contribution in [0, 0.1) is 0 Å². The van der Waals surface area contributed by atoms with E-state index in [0.29, 0.717) is 11.3 Å². The molecular weight excluding hydrogens is 166 g/mol. The van der Waals surface area contributed by atoms with Crippen LogP contribution in [0.5, 0.6) is 0 Å². The van der Waals surface area contributed by atoms with Gasteiger partial charge in [-0.25, -0.2) is 4.79 Å². The second-order valence-electron chi connectivity index (χ2n) is 2.53. The normalized spacial score (nSPS) is 9.85. The van der Waals surface area contributed by atoms with Gasteiger partial charge in [0.2, 0.25) is 0 Å². The summed E-state index contributed by atoms with van der Waals surface area (Å²) in [7, 11) is 0. The molecule has 3 nitrogen and oxygen atoms in total. The summed E-state index contributed by atoms with van der Waals surface area (Å²) >= 11 is 0. The van der Waals surface area contributed by atoms with Gasteiger partial charge in [0.1, 0.15) is 0 Å². The largest absolute Gasteiger partial charge is 0.431 e. The number of hydrogen-bond acceptors (Lipinski definition) is 3. The van der Waals surface area contributed by atoms with Crippen LogP contribution in [-0.4, -0.2) is 4.98 Å². The molecule has 0 saturated carbocycles. The molecule has 0 unspecified atom stereocenters.